The summed E-state index contributed by atoms with van der Waals surface area (Å²) in [5.41, 5.74) is 10.9. The maximum absolute atomic E-state index is 13.7. The first-order valence-corrected chi connectivity index (χ1v) is 11.3. The van der Waals surface area contributed by atoms with Crippen molar-refractivity contribution in [2.45, 2.75) is 32.4 Å². The van der Waals surface area contributed by atoms with Gasteiger partial charge in [-0.25, -0.2) is 18.7 Å². The largest absolute Gasteiger partial charge is 0.434 e. The number of amides is 2. The van der Waals surface area contributed by atoms with Gasteiger partial charge in [0.2, 0.25) is 17.7 Å². The minimum atomic E-state index is -0.871. The number of carbonyl (C=O) groups excluding carboxylic acids is 2. The third-order valence-electron chi connectivity index (χ3n) is 6.03. The topological polar surface area (TPSA) is 140 Å². The maximum Gasteiger partial charge on any atom is 0.242 e. The van der Waals surface area contributed by atoms with Gasteiger partial charge in [0.15, 0.2) is 17.4 Å². The molecule has 1 aromatic carbocycles. The van der Waals surface area contributed by atoms with Crippen LogP contribution in [0.4, 0.5) is 14.6 Å². The molecule has 1 aliphatic heterocycles. The summed E-state index contributed by atoms with van der Waals surface area (Å²) in [4.78, 5) is 37.5. The number of rotatable bonds is 8. The van der Waals surface area contributed by atoms with Crippen molar-refractivity contribution in [1.82, 2.24) is 19.8 Å². The second-order valence-electron chi connectivity index (χ2n) is 9.02. The molecule has 0 unspecified atom stereocenters. The second-order valence-corrected chi connectivity index (χ2v) is 9.02. The van der Waals surface area contributed by atoms with Crippen LogP contribution in [0.2, 0.25) is 0 Å². The fourth-order valence-electron chi connectivity index (χ4n) is 3.95. The van der Waals surface area contributed by atoms with Gasteiger partial charge < -0.3 is 26.4 Å². The van der Waals surface area contributed by atoms with E-state index < -0.39 is 29.1 Å². The monoisotopic (exact) mass is 491 g/mol. The molecule has 5 N–H and O–H groups in total. The van der Waals surface area contributed by atoms with Crippen molar-refractivity contribution in [3.8, 4) is 11.6 Å². The average Bonchev–Trinajstić information content (AvgIpc) is 2.81. The van der Waals surface area contributed by atoms with E-state index in [0.29, 0.717) is 25.7 Å². The van der Waals surface area contributed by atoms with Crippen LogP contribution < -0.4 is 21.5 Å². The van der Waals surface area contributed by atoms with Crippen LogP contribution in [-0.4, -0.2) is 75.9 Å². The Morgan fingerprint density at radius 3 is 2.46 bits per heavy atom. The van der Waals surface area contributed by atoms with Crippen molar-refractivity contribution >= 4 is 17.6 Å². The van der Waals surface area contributed by atoms with E-state index in [1.54, 1.807) is 11.8 Å². The molecule has 1 atom stereocenters. The summed E-state index contributed by atoms with van der Waals surface area (Å²) >= 11 is 0. The van der Waals surface area contributed by atoms with E-state index >= 15 is 0 Å². The normalized spacial score (nSPS) is 16.7. The molecule has 2 aromatic rings. The van der Waals surface area contributed by atoms with Crippen molar-refractivity contribution in [1.29, 1.82) is 0 Å². The Balaban J connectivity index is 1.58. The van der Waals surface area contributed by atoms with Crippen molar-refractivity contribution in [3.05, 3.63) is 42.2 Å². The SMILES string of the molecule is C[C@@H](C(=O)Nc1cnc(Oc2ccc(F)cc2F)cn1)N1CCN(C(=O)C(CN)CN)C(C)(C)C1. The third-order valence-corrected chi connectivity index (χ3v) is 6.03. The quantitative estimate of drug-likeness (QED) is 0.503. The Morgan fingerprint density at radius 1 is 1.17 bits per heavy atom. The van der Waals surface area contributed by atoms with Crippen LogP contribution in [-0.2, 0) is 9.59 Å². The first-order chi connectivity index (χ1) is 16.6. The molecular weight excluding hydrogens is 460 g/mol. The molecule has 2 amide bonds. The standard InChI is InChI=1S/C23H31F2N7O3/c1-14(31-6-7-32(23(2,3)13-31)22(34)15(9-26)10-27)21(33)30-19-11-29-20(12-28-19)35-18-5-4-16(24)8-17(18)25/h4-5,8,11-12,14-15H,6-7,9-10,13,26-27H2,1-3H3,(H,28,30,33)/t14-/m0/s1. The number of halogens is 2. The summed E-state index contributed by atoms with van der Waals surface area (Å²) in [7, 11) is 0. The number of nitrogens with one attached hydrogen (secondary N) is 1. The van der Waals surface area contributed by atoms with E-state index in [1.807, 2.05) is 18.7 Å². The number of benzene rings is 1. The van der Waals surface area contributed by atoms with Crippen LogP contribution in [0.15, 0.2) is 30.6 Å². The Morgan fingerprint density at radius 2 is 1.89 bits per heavy atom. The van der Waals surface area contributed by atoms with Gasteiger partial charge in [-0.2, -0.15) is 0 Å². The number of anilines is 1. The molecular formula is C23H31F2N7O3. The van der Waals surface area contributed by atoms with Gasteiger partial charge in [0.05, 0.1) is 29.9 Å². The lowest BCUT2D eigenvalue weighted by Crippen LogP contribution is -2.65. The van der Waals surface area contributed by atoms with E-state index in [-0.39, 0.29) is 42.4 Å². The predicted octanol–water partition coefficient (Wildman–Crippen LogP) is 1.33. The van der Waals surface area contributed by atoms with E-state index in [9.17, 15) is 18.4 Å². The molecule has 0 spiro atoms. The Kier molecular flexibility index (Phi) is 8.30. The van der Waals surface area contributed by atoms with Gasteiger partial charge in [0.25, 0.3) is 0 Å². The van der Waals surface area contributed by atoms with Crippen LogP contribution >= 0.6 is 0 Å². The number of piperazine rings is 1. The number of carbonyl (C=O) groups is 2. The molecule has 1 fully saturated rings. The van der Waals surface area contributed by atoms with Gasteiger partial charge in [0, 0.05) is 38.8 Å². The van der Waals surface area contributed by atoms with Crippen LogP contribution in [0.5, 0.6) is 11.6 Å². The van der Waals surface area contributed by atoms with E-state index in [0.717, 1.165) is 12.1 Å². The number of hydrogen-bond donors (Lipinski definition) is 3. The molecule has 1 saturated heterocycles. The predicted molar refractivity (Wildman–Crippen MR) is 126 cm³/mol. The summed E-state index contributed by atoms with van der Waals surface area (Å²) < 4.78 is 32.0. The highest BCUT2D eigenvalue weighted by atomic mass is 19.1. The van der Waals surface area contributed by atoms with Crippen molar-refractivity contribution in [3.63, 3.8) is 0 Å². The van der Waals surface area contributed by atoms with Crippen molar-refractivity contribution in [2.75, 3.05) is 38.0 Å². The molecule has 0 radical (unpaired) electrons. The van der Waals surface area contributed by atoms with Gasteiger partial charge in [0.1, 0.15) is 5.82 Å². The third kappa shape index (κ3) is 6.27. The van der Waals surface area contributed by atoms with Gasteiger partial charge in [-0.3, -0.25) is 14.5 Å². The molecule has 0 aliphatic carbocycles. The summed E-state index contributed by atoms with van der Waals surface area (Å²) in [6.45, 7) is 7.48. The van der Waals surface area contributed by atoms with E-state index in [4.69, 9.17) is 16.2 Å². The molecule has 35 heavy (non-hydrogen) atoms. The van der Waals surface area contributed by atoms with E-state index in [1.165, 1.54) is 12.4 Å². The Hall–Kier alpha value is -3.22. The molecule has 10 nitrogen and oxygen atoms in total. The van der Waals surface area contributed by atoms with Gasteiger partial charge in [-0.15, -0.1) is 0 Å². The highest BCUT2D eigenvalue weighted by Crippen LogP contribution is 2.25. The molecule has 1 aromatic heterocycles. The zero-order valence-electron chi connectivity index (χ0n) is 20.0. The lowest BCUT2D eigenvalue weighted by atomic mass is 9.94. The molecule has 0 saturated carbocycles. The minimum Gasteiger partial charge on any atom is -0.434 e. The fraction of sp³-hybridized carbons (Fsp3) is 0.478. The number of hydrogen-bond acceptors (Lipinski definition) is 8. The lowest BCUT2D eigenvalue weighted by molar-refractivity contribution is -0.145. The van der Waals surface area contributed by atoms with Gasteiger partial charge >= 0.3 is 0 Å². The number of nitrogens with zero attached hydrogens (tertiary/aromatic N) is 4. The van der Waals surface area contributed by atoms with Gasteiger partial charge in [-0.1, -0.05) is 0 Å². The highest BCUT2D eigenvalue weighted by molar-refractivity contribution is 5.93. The minimum absolute atomic E-state index is 0.0163. The molecule has 1 aliphatic rings. The summed E-state index contributed by atoms with van der Waals surface area (Å²) in [6, 6.07) is 2.40. The van der Waals surface area contributed by atoms with Crippen LogP contribution in [0, 0.1) is 17.6 Å². The Labute approximate surface area is 202 Å². The maximum atomic E-state index is 13.7. The molecule has 3 rings (SSSR count). The Bertz CT molecular complexity index is 1050. The summed E-state index contributed by atoms with van der Waals surface area (Å²) in [5.74, 6) is -2.41. The molecule has 12 heteroatoms. The molecule has 190 valence electrons. The van der Waals surface area contributed by atoms with Gasteiger partial charge in [-0.05, 0) is 32.9 Å². The number of ether oxygens (including phenoxy) is 1. The van der Waals surface area contributed by atoms with Crippen LogP contribution in [0.25, 0.3) is 0 Å². The number of aromatic nitrogens is 2. The lowest BCUT2D eigenvalue weighted by Gasteiger charge is -2.49. The first-order valence-electron chi connectivity index (χ1n) is 11.3. The number of nitrogens with two attached hydrogens (primary N) is 2. The summed E-state index contributed by atoms with van der Waals surface area (Å²) in [5, 5.41) is 2.70. The fourth-order valence-corrected chi connectivity index (χ4v) is 3.95. The smallest absolute Gasteiger partial charge is 0.242 e. The van der Waals surface area contributed by atoms with Crippen LogP contribution in [0.3, 0.4) is 0 Å². The van der Waals surface area contributed by atoms with Crippen molar-refractivity contribution in [2.24, 2.45) is 17.4 Å². The van der Waals surface area contributed by atoms with Crippen molar-refractivity contribution < 1.29 is 23.1 Å². The first kappa shape index (κ1) is 26.4. The summed E-state index contributed by atoms with van der Waals surface area (Å²) in [6.07, 6.45) is 2.50. The van der Waals surface area contributed by atoms with E-state index in [2.05, 4.69) is 15.3 Å². The second kappa shape index (κ2) is 11.0. The average molecular weight is 492 g/mol. The zero-order valence-corrected chi connectivity index (χ0v) is 20.0. The molecule has 0 bridgehead atoms. The van der Waals surface area contributed by atoms with Crippen LogP contribution in [0.1, 0.15) is 20.8 Å². The molecule has 2 heterocycles. The highest BCUT2D eigenvalue weighted by Gasteiger charge is 2.40. The zero-order chi connectivity index (χ0) is 25.8.